The molecule has 0 fully saturated rings. The number of benzene rings is 1. The lowest BCUT2D eigenvalue weighted by Crippen LogP contribution is -2.43. The second-order valence-electron chi connectivity index (χ2n) is 4.12. The van der Waals surface area contributed by atoms with Crippen molar-refractivity contribution in [2.75, 3.05) is 24.4 Å². The fourth-order valence-corrected chi connectivity index (χ4v) is 2.01. The molecule has 1 unspecified atom stereocenters. The van der Waals surface area contributed by atoms with Gasteiger partial charge in [0.05, 0.1) is 12.8 Å². The number of carboxylic acids is 1. The lowest BCUT2D eigenvalue weighted by molar-refractivity contribution is -0.139. The number of urea groups is 1. The first-order valence-electron chi connectivity index (χ1n) is 6.10. The van der Waals surface area contributed by atoms with Crippen LogP contribution in [-0.2, 0) is 4.79 Å². The van der Waals surface area contributed by atoms with Crippen molar-refractivity contribution in [3.63, 3.8) is 0 Å². The molecule has 1 rings (SSSR count). The van der Waals surface area contributed by atoms with E-state index in [0.29, 0.717) is 11.5 Å². The average Bonchev–Trinajstić information content (AvgIpc) is 2.45. The molecule has 1 aromatic rings. The molecule has 21 heavy (non-hydrogen) atoms. The molecule has 0 aliphatic carbocycles. The van der Waals surface area contributed by atoms with Crippen molar-refractivity contribution in [2.24, 2.45) is 0 Å². The number of methoxy groups -OCH3 is 1. The zero-order chi connectivity index (χ0) is 15.8. The van der Waals surface area contributed by atoms with Crippen LogP contribution in [0.25, 0.3) is 0 Å². The minimum atomic E-state index is -1.13. The number of ether oxygens (including phenoxy) is 1. The van der Waals surface area contributed by atoms with Crippen LogP contribution in [-0.4, -0.2) is 42.3 Å². The molecule has 6 nitrogen and oxygen atoms in total. The number of rotatable bonds is 7. The molecular formula is C13H17FN2O4S. The van der Waals surface area contributed by atoms with Crippen molar-refractivity contribution in [1.82, 2.24) is 5.32 Å². The Hall–Kier alpha value is -1.96. The van der Waals surface area contributed by atoms with Crippen molar-refractivity contribution >= 4 is 29.4 Å². The summed E-state index contributed by atoms with van der Waals surface area (Å²) in [6.07, 6.45) is 2.12. The SMILES string of the molecule is COc1ccc(F)c(NC(=O)NC(CCSC)C(=O)O)c1. The van der Waals surface area contributed by atoms with E-state index in [1.807, 2.05) is 6.26 Å². The number of hydrogen-bond acceptors (Lipinski definition) is 4. The number of aliphatic carboxylic acids is 1. The molecule has 0 heterocycles. The molecule has 0 bridgehead atoms. The summed E-state index contributed by atoms with van der Waals surface area (Å²) in [4.78, 5) is 22.8. The van der Waals surface area contributed by atoms with Crippen LogP contribution < -0.4 is 15.4 Å². The second kappa shape index (κ2) is 8.35. The van der Waals surface area contributed by atoms with Gasteiger partial charge in [0.25, 0.3) is 0 Å². The van der Waals surface area contributed by atoms with Crippen molar-refractivity contribution in [1.29, 1.82) is 0 Å². The van der Waals surface area contributed by atoms with Crippen LogP contribution in [0.5, 0.6) is 5.75 Å². The van der Waals surface area contributed by atoms with E-state index in [1.54, 1.807) is 0 Å². The monoisotopic (exact) mass is 316 g/mol. The minimum Gasteiger partial charge on any atom is -0.497 e. The van der Waals surface area contributed by atoms with Gasteiger partial charge in [-0.05, 0) is 30.6 Å². The third kappa shape index (κ3) is 5.50. The maximum atomic E-state index is 13.5. The number of carbonyl (C=O) groups is 2. The number of carboxylic acid groups (broad SMARTS) is 1. The normalized spacial score (nSPS) is 11.6. The van der Waals surface area contributed by atoms with Crippen molar-refractivity contribution in [3.05, 3.63) is 24.0 Å². The van der Waals surface area contributed by atoms with Gasteiger partial charge in [0.1, 0.15) is 17.6 Å². The van der Waals surface area contributed by atoms with E-state index in [-0.39, 0.29) is 12.1 Å². The topological polar surface area (TPSA) is 87.7 Å². The Labute approximate surface area is 126 Å². The van der Waals surface area contributed by atoms with Gasteiger partial charge in [0.15, 0.2) is 0 Å². The predicted molar refractivity (Wildman–Crippen MR) is 79.5 cm³/mol. The molecule has 3 N–H and O–H groups in total. The Bertz CT molecular complexity index is 513. The minimum absolute atomic E-state index is 0.0825. The largest absolute Gasteiger partial charge is 0.497 e. The Kier molecular flexibility index (Phi) is 6.80. The summed E-state index contributed by atoms with van der Waals surface area (Å²) in [5.41, 5.74) is -0.0825. The smallest absolute Gasteiger partial charge is 0.326 e. The zero-order valence-corrected chi connectivity index (χ0v) is 12.5. The summed E-state index contributed by atoms with van der Waals surface area (Å²) in [5.74, 6) is -0.804. The van der Waals surface area contributed by atoms with Crippen LogP contribution in [0.2, 0.25) is 0 Å². The van der Waals surface area contributed by atoms with Crippen LogP contribution in [0.1, 0.15) is 6.42 Å². The van der Waals surface area contributed by atoms with E-state index in [0.717, 1.165) is 6.07 Å². The number of amides is 2. The first-order valence-corrected chi connectivity index (χ1v) is 7.50. The van der Waals surface area contributed by atoms with Gasteiger partial charge in [0, 0.05) is 6.07 Å². The Morgan fingerprint density at radius 3 is 2.76 bits per heavy atom. The molecular weight excluding hydrogens is 299 g/mol. The Balaban J connectivity index is 2.69. The van der Waals surface area contributed by atoms with Gasteiger partial charge in [-0.25, -0.2) is 14.0 Å². The van der Waals surface area contributed by atoms with E-state index < -0.39 is 23.9 Å². The van der Waals surface area contributed by atoms with Crippen LogP contribution in [0.4, 0.5) is 14.9 Å². The number of carbonyl (C=O) groups excluding carboxylic acids is 1. The zero-order valence-electron chi connectivity index (χ0n) is 11.7. The van der Waals surface area contributed by atoms with Gasteiger partial charge in [-0.15, -0.1) is 0 Å². The summed E-state index contributed by atoms with van der Waals surface area (Å²) >= 11 is 1.47. The fourth-order valence-electron chi connectivity index (χ4n) is 1.54. The average molecular weight is 316 g/mol. The molecule has 0 saturated carbocycles. The quantitative estimate of drug-likeness (QED) is 0.717. The first kappa shape index (κ1) is 17.1. The van der Waals surface area contributed by atoms with Gasteiger partial charge in [0.2, 0.25) is 0 Å². The molecule has 0 spiro atoms. The predicted octanol–water partition coefficient (Wildman–Crippen LogP) is 2.16. The van der Waals surface area contributed by atoms with Crippen LogP contribution in [0.3, 0.4) is 0 Å². The second-order valence-corrected chi connectivity index (χ2v) is 5.10. The van der Waals surface area contributed by atoms with Crippen LogP contribution in [0.15, 0.2) is 18.2 Å². The summed E-state index contributed by atoms with van der Waals surface area (Å²) in [7, 11) is 1.42. The first-order chi connectivity index (χ1) is 9.97. The van der Waals surface area contributed by atoms with Crippen molar-refractivity contribution < 1.29 is 23.8 Å². The number of anilines is 1. The van der Waals surface area contributed by atoms with E-state index in [4.69, 9.17) is 9.84 Å². The number of hydrogen-bond donors (Lipinski definition) is 3. The molecule has 0 aliphatic rings. The molecule has 0 radical (unpaired) electrons. The van der Waals surface area contributed by atoms with E-state index in [2.05, 4.69) is 10.6 Å². The lowest BCUT2D eigenvalue weighted by atomic mass is 10.2. The standard InChI is InChI=1S/C13H17FN2O4S/c1-20-8-3-4-9(14)11(7-8)16-13(19)15-10(12(17)18)5-6-21-2/h3-4,7,10H,5-6H2,1-2H3,(H,17,18)(H2,15,16,19). The van der Waals surface area contributed by atoms with E-state index >= 15 is 0 Å². The van der Waals surface area contributed by atoms with E-state index in [1.165, 1.54) is 31.0 Å². The van der Waals surface area contributed by atoms with Gasteiger partial charge < -0.3 is 20.5 Å². The molecule has 2 amide bonds. The number of thioether (sulfide) groups is 1. The van der Waals surface area contributed by atoms with Crippen molar-refractivity contribution in [3.8, 4) is 5.75 Å². The van der Waals surface area contributed by atoms with Gasteiger partial charge >= 0.3 is 12.0 Å². The molecule has 116 valence electrons. The summed E-state index contributed by atoms with van der Waals surface area (Å²) in [5, 5.41) is 13.6. The molecule has 0 saturated heterocycles. The van der Waals surface area contributed by atoms with Crippen LogP contribution >= 0.6 is 11.8 Å². The highest BCUT2D eigenvalue weighted by Crippen LogP contribution is 2.20. The highest BCUT2D eigenvalue weighted by Gasteiger charge is 2.20. The van der Waals surface area contributed by atoms with Gasteiger partial charge in [-0.3, -0.25) is 0 Å². The molecule has 8 heteroatoms. The number of halogens is 1. The molecule has 1 atom stereocenters. The maximum absolute atomic E-state index is 13.5. The lowest BCUT2D eigenvalue weighted by Gasteiger charge is -2.15. The van der Waals surface area contributed by atoms with Crippen LogP contribution in [0, 0.1) is 5.82 Å². The molecule has 0 aromatic heterocycles. The summed E-state index contributed by atoms with van der Waals surface area (Å²) in [6, 6.07) is 2.07. The van der Waals surface area contributed by atoms with Crippen molar-refractivity contribution in [2.45, 2.75) is 12.5 Å². The third-order valence-electron chi connectivity index (χ3n) is 2.64. The van der Waals surface area contributed by atoms with E-state index in [9.17, 15) is 14.0 Å². The summed E-state index contributed by atoms with van der Waals surface area (Å²) < 4.78 is 18.5. The maximum Gasteiger partial charge on any atom is 0.326 e. The number of nitrogens with one attached hydrogen (secondary N) is 2. The van der Waals surface area contributed by atoms with Gasteiger partial charge in [-0.1, -0.05) is 0 Å². The molecule has 1 aromatic carbocycles. The highest BCUT2D eigenvalue weighted by atomic mass is 32.2. The fraction of sp³-hybridized carbons (Fsp3) is 0.385. The third-order valence-corrected chi connectivity index (χ3v) is 3.28. The van der Waals surface area contributed by atoms with Gasteiger partial charge in [-0.2, -0.15) is 11.8 Å². The molecule has 0 aliphatic heterocycles. The Morgan fingerprint density at radius 1 is 1.48 bits per heavy atom. The highest BCUT2D eigenvalue weighted by molar-refractivity contribution is 7.98. The summed E-state index contributed by atoms with van der Waals surface area (Å²) in [6.45, 7) is 0. The Morgan fingerprint density at radius 2 is 2.19 bits per heavy atom.